The molecule has 6 heteroatoms. The summed E-state index contributed by atoms with van der Waals surface area (Å²) in [6.45, 7) is 3.02. The van der Waals surface area contributed by atoms with Crippen LogP contribution in [0, 0.1) is 5.92 Å². The van der Waals surface area contributed by atoms with Crippen LogP contribution in [-0.4, -0.2) is 50.6 Å². The molecule has 116 valence electrons. The van der Waals surface area contributed by atoms with Crippen molar-refractivity contribution in [3.63, 3.8) is 0 Å². The van der Waals surface area contributed by atoms with E-state index in [4.69, 9.17) is 5.11 Å². The molecule has 2 heterocycles. The molecule has 0 atom stereocenters. The molecule has 2 aromatic rings. The third-order valence-electron chi connectivity index (χ3n) is 3.91. The highest BCUT2D eigenvalue weighted by molar-refractivity contribution is 5.88. The number of nitrogens with zero attached hydrogens (tertiary/aromatic N) is 4. The van der Waals surface area contributed by atoms with E-state index in [1.165, 1.54) is 31.6 Å². The van der Waals surface area contributed by atoms with E-state index in [1.807, 2.05) is 10.8 Å². The first-order valence-corrected chi connectivity index (χ1v) is 7.52. The van der Waals surface area contributed by atoms with Crippen LogP contribution in [-0.2, 0) is 6.54 Å². The van der Waals surface area contributed by atoms with E-state index in [2.05, 4.69) is 21.9 Å². The maximum Gasteiger partial charge on any atom is 0.335 e. The minimum atomic E-state index is -0.954. The van der Waals surface area contributed by atoms with Gasteiger partial charge < -0.3 is 14.6 Å². The van der Waals surface area contributed by atoms with Gasteiger partial charge in [-0.3, -0.25) is 4.98 Å². The minimum absolute atomic E-state index is 0.226. The summed E-state index contributed by atoms with van der Waals surface area (Å²) < 4.78 is 2.02. The van der Waals surface area contributed by atoms with Crippen LogP contribution < -0.4 is 0 Å². The molecule has 0 aromatic carbocycles. The third kappa shape index (κ3) is 3.71. The summed E-state index contributed by atoms with van der Waals surface area (Å²) in [7, 11) is 2.15. The average Bonchev–Trinajstić information content (AvgIpc) is 3.19. The van der Waals surface area contributed by atoms with Crippen molar-refractivity contribution in [1.82, 2.24) is 19.4 Å². The number of aromatic nitrogens is 3. The first kappa shape index (κ1) is 14.7. The van der Waals surface area contributed by atoms with E-state index in [9.17, 15) is 4.79 Å². The monoisotopic (exact) mass is 300 g/mol. The van der Waals surface area contributed by atoms with Crippen LogP contribution in [0.1, 0.15) is 23.2 Å². The second-order valence-corrected chi connectivity index (χ2v) is 5.94. The number of likely N-dealkylation sites (N-methyl/N-ethyl adjacent to an activating group) is 1. The van der Waals surface area contributed by atoms with Crippen molar-refractivity contribution in [3.05, 3.63) is 36.4 Å². The van der Waals surface area contributed by atoms with Crippen molar-refractivity contribution in [1.29, 1.82) is 0 Å². The van der Waals surface area contributed by atoms with Crippen molar-refractivity contribution in [2.75, 3.05) is 20.1 Å². The molecule has 2 aromatic heterocycles. The Balaban J connectivity index is 1.62. The predicted molar refractivity (Wildman–Crippen MR) is 82.6 cm³/mol. The number of carbonyl (C=O) groups is 1. The zero-order valence-electron chi connectivity index (χ0n) is 12.6. The fourth-order valence-electron chi connectivity index (χ4n) is 2.44. The molecule has 0 saturated heterocycles. The molecule has 1 N–H and O–H groups in total. The summed E-state index contributed by atoms with van der Waals surface area (Å²) in [6.07, 6.45) is 7.92. The van der Waals surface area contributed by atoms with Crippen molar-refractivity contribution >= 4 is 5.97 Å². The smallest absolute Gasteiger partial charge is 0.335 e. The average molecular weight is 300 g/mol. The van der Waals surface area contributed by atoms with Crippen molar-refractivity contribution < 1.29 is 9.90 Å². The molecule has 1 aliphatic rings. The molecule has 3 rings (SSSR count). The lowest BCUT2D eigenvalue weighted by atomic mass is 10.2. The number of carboxylic acids is 1. The zero-order chi connectivity index (χ0) is 15.5. The molecule has 1 fully saturated rings. The Labute approximate surface area is 129 Å². The Hall–Kier alpha value is -2.21. The maximum atomic E-state index is 11.0. The van der Waals surface area contributed by atoms with Crippen LogP contribution in [0.15, 0.2) is 30.9 Å². The topological polar surface area (TPSA) is 71.2 Å². The number of hydrogen-bond acceptors (Lipinski definition) is 4. The fraction of sp³-hybridized carbons (Fsp3) is 0.438. The van der Waals surface area contributed by atoms with Crippen molar-refractivity contribution in [3.8, 4) is 11.4 Å². The quantitative estimate of drug-likeness (QED) is 0.846. The van der Waals surface area contributed by atoms with Gasteiger partial charge in [0.2, 0.25) is 0 Å². The van der Waals surface area contributed by atoms with Gasteiger partial charge in [-0.05, 0) is 37.9 Å². The molecule has 1 aliphatic carbocycles. The van der Waals surface area contributed by atoms with Gasteiger partial charge in [0.25, 0.3) is 0 Å². The zero-order valence-corrected chi connectivity index (χ0v) is 12.6. The van der Waals surface area contributed by atoms with Crippen LogP contribution in [0.2, 0.25) is 0 Å². The van der Waals surface area contributed by atoms with Crippen LogP contribution in [0.5, 0.6) is 0 Å². The summed E-state index contributed by atoms with van der Waals surface area (Å²) in [4.78, 5) is 21.9. The Morgan fingerprint density at radius 1 is 1.41 bits per heavy atom. The van der Waals surface area contributed by atoms with Crippen LogP contribution in [0.25, 0.3) is 11.4 Å². The normalized spacial score (nSPS) is 14.5. The van der Waals surface area contributed by atoms with Gasteiger partial charge in [-0.25, -0.2) is 9.78 Å². The highest BCUT2D eigenvalue weighted by atomic mass is 16.4. The summed E-state index contributed by atoms with van der Waals surface area (Å²) in [6, 6.07) is 3.03. The highest BCUT2D eigenvalue weighted by Crippen LogP contribution is 2.29. The molecule has 0 radical (unpaired) electrons. The molecule has 0 amide bonds. The lowest BCUT2D eigenvalue weighted by Crippen LogP contribution is -2.25. The Kier molecular flexibility index (Phi) is 4.20. The first-order chi connectivity index (χ1) is 10.6. The minimum Gasteiger partial charge on any atom is -0.478 e. The second-order valence-electron chi connectivity index (χ2n) is 5.94. The van der Waals surface area contributed by atoms with Gasteiger partial charge in [0.15, 0.2) is 0 Å². The molecular weight excluding hydrogens is 280 g/mol. The number of imidazole rings is 1. The van der Waals surface area contributed by atoms with E-state index in [0.717, 1.165) is 19.0 Å². The van der Waals surface area contributed by atoms with E-state index >= 15 is 0 Å². The van der Waals surface area contributed by atoms with Gasteiger partial charge in [0.05, 0.1) is 17.6 Å². The second kappa shape index (κ2) is 6.27. The summed E-state index contributed by atoms with van der Waals surface area (Å²) in [5.74, 6) is -0.0592. The number of carboxylic acid groups (broad SMARTS) is 1. The molecule has 6 nitrogen and oxygen atoms in total. The van der Waals surface area contributed by atoms with Gasteiger partial charge in [-0.2, -0.15) is 0 Å². The lowest BCUT2D eigenvalue weighted by molar-refractivity contribution is 0.0697. The molecule has 0 spiro atoms. The summed E-state index contributed by atoms with van der Waals surface area (Å²) in [5, 5.41) is 9.02. The third-order valence-corrected chi connectivity index (χ3v) is 3.91. The van der Waals surface area contributed by atoms with E-state index in [-0.39, 0.29) is 5.56 Å². The van der Waals surface area contributed by atoms with Gasteiger partial charge in [-0.1, -0.05) is 0 Å². The molecule has 0 aliphatic heterocycles. The van der Waals surface area contributed by atoms with Gasteiger partial charge in [0.1, 0.15) is 5.69 Å². The van der Waals surface area contributed by atoms with Gasteiger partial charge in [0, 0.05) is 32.0 Å². The Bertz CT molecular complexity index is 664. The molecule has 22 heavy (non-hydrogen) atoms. The number of aromatic carboxylic acids is 1. The molecule has 0 bridgehead atoms. The van der Waals surface area contributed by atoms with Crippen LogP contribution in [0.4, 0.5) is 0 Å². The molecule has 0 unspecified atom stereocenters. The number of pyridine rings is 1. The summed E-state index contributed by atoms with van der Waals surface area (Å²) in [5.41, 5.74) is 1.52. The maximum absolute atomic E-state index is 11.0. The van der Waals surface area contributed by atoms with E-state index < -0.39 is 5.97 Å². The SMILES string of the molecule is CN(CCn1cnc(-c2cc(C(=O)O)ccn2)c1)CC1CC1. The predicted octanol–water partition coefficient (Wildman–Crippen LogP) is 1.99. The number of hydrogen-bond donors (Lipinski definition) is 1. The van der Waals surface area contributed by atoms with Crippen molar-refractivity contribution in [2.45, 2.75) is 19.4 Å². The van der Waals surface area contributed by atoms with E-state index in [0.29, 0.717) is 11.4 Å². The Morgan fingerprint density at radius 3 is 2.95 bits per heavy atom. The first-order valence-electron chi connectivity index (χ1n) is 7.52. The number of rotatable bonds is 7. The van der Waals surface area contributed by atoms with Crippen LogP contribution >= 0.6 is 0 Å². The summed E-state index contributed by atoms with van der Waals surface area (Å²) >= 11 is 0. The standard InChI is InChI=1S/C16H20N4O2/c1-19(9-12-2-3-12)6-7-20-10-15(18-11-20)14-8-13(16(21)22)4-5-17-14/h4-5,8,10-12H,2-3,6-7,9H2,1H3,(H,21,22). The highest BCUT2D eigenvalue weighted by Gasteiger charge is 2.22. The molecular formula is C16H20N4O2. The Morgan fingerprint density at radius 2 is 2.23 bits per heavy atom. The van der Waals surface area contributed by atoms with Gasteiger partial charge >= 0.3 is 5.97 Å². The van der Waals surface area contributed by atoms with Crippen molar-refractivity contribution in [2.24, 2.45) is 5.92 Å². The largest absolute Gasteiger partial charge is 0.478 e. The molecule has 1 saturated carbocycles. The fourth-order valence-corrected chi connectivity index (χ4v) is 2.44. The lowest BCUT2D eigenvalue weighted by Gasteiger charge is -2.15. The van der Waals surface area contributed by atoms with Crippen LogP contribution in [0.3, 0.4) is 0 Å². The van der Waals surface area contributed by atoms with E-state index in [1.54, 1.807) is 12.4 Å². The van der Waals surface area contributed by atoms with Gasteiger partial charge in [-0.15, -0.1) is 0 Å².